The molecular weight excluding hydrogens is 330 g/mol. The maximum atomic E-state index is 13.0. The monoisotopic (exact) mass is 359 g/mol. The molecule has 2 heterocycles. The van der Waals surface area contributed by atoms with Crippen molar-refractivity contribution in [2.75, 3.05) is 6.54 Å². The zero-order chi connectivity index (χ0) is 19.3. The molecule has 2 rings (SSSR count). The first kappa shape index (κ1) is 19.9. The third-order valence-electron chi connectivity index (χ3n) is 4.62. The molecule has 0 fully saturated rings. The molecule has 2 aromatic rings. The van der Waals surface area contributed by atoms with E-state index in [0.717, 1.165) is 25.1 Å². The van der Waals surface area contributed by atoms with Crippen molar-refractivity contribution in [1.82, 2.24) is 14.5 Å². The summed E-state index contributed by atoms with van der Waals surface area (Å²) in [4.78, 5) is 31.6. The summed E-state index contributed by atoms with van der Waals surface area (Å²) in [5.74, 6) is 1.30. The number of carbonyl (C=O) groups excluding carboxylic acids is 1. The highest BCUT2D eigenvalue weighted by Crippen LogP contribution is 2.22. The fraction of sp³-hybridized carbons (Fsp3) is 0.550. The van der Waals surface area contributed by atoms with E-state index in [-0.39, 0.29) is 17.4 Å². The normalized spacial score (nSPS) is 12.2. The lowest BCUT2D eigenvalue weighted by molar-refractivity contribution is 0.0731. The zero-order valence-electron chi connectivity index (χ0n) is 16.4. The van der Waals surface area contributed by atoms with Crippen molar-refractivity contribution in [2.24, 2.45) is 7.05 Å². The minimum absolute atomic E-state index is 0.125. The number of nitrogens with zero attached hydrogens (tertiary/aromatic N) is 3. The van der Waals surface area contributed by atoms with E-state index in [0.29, 0.717) is 24.4 Å². The topological polar surface area (TPSA) is 68.3 Å². The molecule has 1 amide bonds. The summed E-state index contributed by atoms with van der Waals surface area (Å²) in [6.07, 6.45) is 6.29. The third kappa shape index (κ3) is 4.42. The van der Waals surface area contributed by atoms with Gasteiger partial charge in [0.25, 0.3) is 5.91 Å². The fourth-order valence-electron chi connectivity index (χ4n) is 3.11. The standard InChI is InChI=1S/C20H29N3O3/c1-6-8-14(3)16-12-15(4)18(20(25)26-16)19(24)23(10-7-2)13-17-21-9-11-22(17)5/h9,11-12,14H,6-8,10,13H2,1-5H3. The number of rotatable bonds is 8. The first-order valence-corrected chi connectivity index (χ1v) is 9.29. The average molecular weight is 359 g/mol. The molecule has 0 spiro atoms. The summed E-state index contributed by atoms with van der Waals surface area (Å²) in [6.45, 7) is 8.86. The van der Waals surface area contributed by atoms with Crippen molar-refractivity contribution in [1.29, 1.82) is 0 Å². The Balaban J connectivity index is 2.33. The van der Waals surface area contributed by atoms with Gasteiger partial charge in [-0.25, -0.2) is 9.78 Å². The van der Waals surface area contributed by atoms with Crippen LogP contribution < -0.4 is 5.63 Å². The van der Waals surface area contributed by atoms with Gasteiger partial charge < -0.3 is 13.9 Å². The van der Waals surface area contributed by atoms with E-state index < -0.39 is 5.63 Å². The van der Waals surface area contributed by atoms with Crippen LogP contribution >= 0.6 is 0 Å². The van der Waals surface area contributed by atoms with Crippen LogP contribution in [0.2, 0.25) is 0 Å². The summed E-state index contributed by atoms with van der Waals surface area (Å²) in [5.41, 5.74) is 0.249. The molecule has 0 saturated heterocycles. The molecule has 0 saturated carbocycles. The van der Waals surface area contributed by atoms with Gasteiger partial charge in [-0.15, -0.1) is 0 Å². The first-order valence-electron chi connectivity index (χ1n) is 9.29. The maximum absolute atomic E-state index is 13.0. The van der Waals surface area contributed by atoms with Crippen LogP contribution in [-0.2, 0) is 13.6 Å². The Morgan fingerprint density at radius 3 is 2.62 bits per heavy atom. The summed E-state index contributed by atoms with van der Waals surface area (Å²) in [6, 6.07) is 1.83. The van der Waals surface area contributed by atoms with Gasteiger partial charge in [-0.2, -0.15) is 0 Å². The second kappa shape index (κ2) is 8.83. The minimum Gasteiger partial charge on any atom is -0.427 e. The highest BCUT2D eigenvalue weighted by molar-refractivity contribution is 5.95. The number of hydrogen-bond donors (Lipinski definition) is 0. The Hall–Kier alpha value is -2.37. The molecule has 6 heteroatoms. The Labute approximate surface area is 154 Å². The van der Waals surface area contributed by atoms with Gasteiger partial charge in [0.15, 0.2) is 0 Å². The molecule has 0 aliphatic heterocycles. The van der Waals surface area contributed by atoms with E-state index >= 15 is 0 Å². The summed E-state index contributed by atoms with van der Waals surface area (Å²) >= 11 is 0. The van der Waals surface area contributed by atoms with Gasteiger partial charge in [-0.1, -0.05) is 27.2 Å². The second-order valence-electron chi connectivity index (χ2n) is 6.87. The van der Waals surface area contributed by atoms with Crippen LogP contribution in [0.3, 0.4) is 0 Å². The molecule has 0 radical (unpaired) electrons. The van der Waals surface area contributed by atoms with Crippen molar-refractivity contribution in [2.45, 2.75) is 59.4 Å². The van der Waals surface area contributed by atoms with Crippen LogP contribution in [0.25, 0.3) is 0 Å². The number of imidazole rings is 1. The van der Waals surface area contributed by atoms with Crippen LogP contribution in [0.5, 0.6) is 0 Å². The molecule has 26 heavy (non-hydrogen) atoms. The lowest BCUT2D eigenvalue weighted by Gasteiger charge is -2.22. The molecule has 0 aromatic carbocycles. The van der Waals surface area contributed by atoms with Crippen molar-refractivity contribution in [3.63, 3.8) is 0 Å². The van der Waals surface area contributed by atoms with Gasteiger partial charge in [0, 0.05) is 31.9 Å². The number of aromatic nitrogens is 2. The first-order chi connectivity index (χ1) is 12.4. The fourth-order valence-corrected chi connectivity index (χ4v) is 3.11. The Morgan fingerprint density at radius 1 is 1.35 bits per heavy atom. The summed E-state index contributed by atoms with van der Waals surface area (Å²) in [7, 11) is 1.89. The van der Waals surface area contributed by atoms with Gasteiger partial charge >= 0.3 is 5.63 Å². The molecule has 1 unspecified atom stereocenters. The van der Waals surface area contributed by atoms with Gasteiger partial charge in [0.2, 0.25) is 0 Å². The van der Waals surface area contributed by atoms with Crippen LogP contribution in [0.15, 0.2) is 27.7 Å². The lowest BCUT2D eigenvalue weighted by atomic mass is 10.0. The van der Waals surface area contributed by atoms with Crippen molar-refractivity contribution >= 4 is 5.91 Å². The molecule has 0 N–H and O–H groups in total. The van der Waals surface area contributed by atoms with Gasteiger partial charge in [-0.05, 0) is 31.4 Å². The third-order valence-corrected chi connectivity index (χ3v) is 4.62. The number of aryl methyl sites for hydroxylation is 2. The zero-order valence-corrected chi connectivity index (χ0v) is 16.4. The van der Waals surface area contributed by atoms with Crippen LogP contribution in [0.4, 0.5) is 0 Å². The molecular formula is C20H29N3O3. The lowest BCUT2D eigenvalue weighted by Crippen LogP contribution is -2.36. The summed E-state index contributed by atoms with van der Waals surface area (Å²) < 4.78 is 7.36. The molecule has 142 valence electrons. The summed E-state index contributed by atoms with van der Waals surface area (Å²) in [5, 5.41) is 0. The molecule has 0 aliphatic carbocycles. The van der Waals surface area contributed by atoms with E-state index in [1.165, 1.54) is 0 Å². The highest BCUT2D eigenvalue weighted by atomic mass is 16.4. The van der Waals surface area contributed by atoms with Gasteiger partial charge in [0.1, 0.15) is 17.1 Å². The predicted octanol–water partition coefficient (Wildman–Crippen LogP) is 3.64. The molecule has 0 bridgehead atoms. The Bertz CT molecular complexity index is 807. The van der Waals surface area contributed by atoms with Gasteiger partial charge in [0.05, 0.1) is 6.54 Å². The van der Waals surface area contributed by atoms with Crippen molar-refractivity contribution < 1.29 is 9.21 Å². The van der Waals surface area contributed by atoms with Crippen molar-refractivity contribution in [3.05, 3.63) is 51.6 Å². The van der Waals surface area contributed by atoms with Crippen LogP contribution in [0.1, 0.15) is 73.5 Å². The van der Waals surface area contributed by atoms with E-state index in [1.54, 1.807) is 18.0 Å². The molecule has 0 aliphatic rings. The number of amides is 1. The Morgan fingerprint density at radius 2 is 2.08 bits per heavy atom. The molecule has 1 atom stereocenters. The number of hydrogen-bond acceptors (Lipinski definition) is 4. The predicted molar refractivity (Wildman–Crippen MR) is 101 cm³/mol. The van der Waals surface area contributed by atoms with Crippen LogP contribution in [-0.4, -0.2) is 26.9 Å². The second-order valence-corrected chi connectivity index (χ2v) is 6.87. The van der Waals surface area contributed by atoms with E-state index in [2.05, 4.69) is 11.9 Å². The largest absolute Gasteiger partial charge is 0.427 e. The smallest absolute Gasteiger partial charge is 0.349 e. The van der Waals surface area contributed by atoms with E-state index in [9.17, 15) is 9.59 Å². The Kier molecular flexibility index (Phi) is 6.77. The SMILES string of the molecule is CCCC(C)c1cc(C)c(C(=O)N(CCC)Cc2nccn2C)c(=O)o1. The van der Waals surface area contributed by atoms with E-state index in [4.69, 9.17) is 4.42 Å². The molecule has 2 aromatic heterocycles. The number of carbonyl (C=O) groups is 1. The van der Waals surface area contributed by atoms with E-state index in [1.807, 2.05) is 37.7 Å². The highest BCUT2D eigenvalue weighted by Gasteiger charge is 2.24. The minimum atomic E-state index is -0.547. The maximum Gasteiger partial charge on any atom is 0.349 e. The van der Waals surface area contributed by atoms with Crippen LogP contribution in [0, 0.1) is 6.92 Å². The molecule has 6 nitrogen and oxygen atoms in total. The quantitative estimate of drug-likeness (QED) is 0.722. The average Bonchev–Trinajstić information content (AvgIpc) is 2.98. The van der Waals surface area contributed by atoms with Crippen molar-refractivity contribution in [3.8, 4) is 0 Å². The van der Waals surface area contributed by atoms with Gasteiger partial charge in [-0.3, -0.25) is 4.79 Å².